The molecule has 0 saturated heterocycles. The quantitative estimate of drug-likeness (QED) is 0.805. The number of hydrogen-bond acceptors (Lipinski definition) is 3. The van der Waals surface area contributed by atoms with Crippen LogP contribution >= 0.6 is 11.6 Å². The number of rotatable bonds is 3. The van der Waals surface area contributed by atoms with Crippen LogP contribution in [0.15, 0.2) is 73.3 Å². The van der Waals surface area contributed by atoms with Crippen molar-refractivity contribution in [2.24, 2.45) is 0 Å². The molecule has 0 spiro atoms. The van der Waals surface area contributed by atoms with Gasteiger partial charge in [0.15, 0.2) is 0 Å². The summed E-state index contributed by atoms with van der Waals surface area (Å²) < 4.78 is 0. The molecular formula is C17H13ClN2O. The van der Waals surface area contributed by atoms with Gasteiger partial charge in [-0.2, -0.15) is 0 Å². The molecule has 1 heterocycles. The third-order valence-corrected chi connectivity index (χ3v) is 3.68. The normalized spacial score (nSPS) is 13.6. The molecule has 104 valence electrons. The Morgan fingerprint density at radius 3 is 1.95 bits per heavy atom. The van der Waals surface area contributed by atoms with Crippen molar-refractivity contribution in [3.05, 3.63) is 95.0 Å². The van der Waals surface area contributed by atoms with Crippen LogP contribution in [-0.4, -0.2) is 15.1 Å². The van der Waals surface area contributed by atoms with E-state index in [1.54, 1.807) is 24.5 Å². The minimum Gasteiger partial charge on any atom is -0.376 e. The van der Waals surface area contributed by atoms with E-state index in [2.05, 4.69) is 9.97 Å². The van der Waals surface area contributed by atoms with Crippen LogP contribution < -0.4 is 0 Å². The summed E-state index contributed by atoms with van der Waals surface area (Å²) in [7, 11) is 0. The van der Waals surface area contributed by atoms with Gasteiger partial charge in [-0.1, -0.05) is 54.1 Å². The Balaban J connectivity index is 2.23. The summed E-state index contributed by atoms with van der Waals surface area (Å²) in [4.78, 5) is 8.04. The van der Waals surface area contributed by atoms with Gasteiger partial charge in [0.2, 0.25) is 0 Å². The second kappa shape index (κ2) is 5.64. The topological polar surface area (TPSA) is 46.0 Å². The van der Waals surface area contributed by atoms with Gasteiger partial charge in [0.05, 0.1) is 0 Å². The predicted octanol–water partition coefficient (Wildman–Crippen LogP) is 3.41. The van der Waals surface area contributed by atoms with Crippen molar-refractivity contribution in [2.45, 2.75) is 5.60 Å². The number of aromatic nitrogens is 2. The average Bonchev–Trinajstić information content (AvgIpc) is 2.56. The Morgan fingerprint density at radius 2 is 1.33 bits per heavy atom. The molecule has 3 rings (SSSR count). The van der Waals surface area contributed by atoms with Crippen LogP contribution in [0.2, 0.25) is 5.02 Å². The summed E-state index contributed by atoms with van der Waals surface area (Å²) in [6.07, 6.45) is 4.68. The van der Waals surface area contributed by atoms with E-state index in [9.17, 15) is 5.11 Å². The zero-order valence-electron chi connectivity index (χ0n) is 11.1. The van der Waals surface area contributed by atoms with E-state index in [4.69, 9.17) is 11.6 Å². The molecule has 0 amide bonds. The van der Waals surface area contributed by atoms with Crippen molar-refractivity contribution >= 4 is 11.6 Å². The molecule has 3 aromatic rings. The molecule has 0 unspecified atom stereocenters. The van der Waals surface area contributed by atoms with Crippen LogP contribution in [0.25, 0.3) is 0 Å². The van der Waals surface area contributed by atoms with Crippen LogP contribution in [0.5, 0.6) is 0 Å². The fraction of sp³-hybridized carbons (Fsp3) is 0.0588. The van der Waals surface area contributed by atoms with E-state index in [1.807, 2.05) is 42.5 Å². The summed E-state index contributed by atoms with van der Waals surface area (Å²) in [6, 6.07) is 16.6. The number of halogens is 1. The predicted molar refractivity (Wildman–Crippen MR) is 82.0 cm³/mol. The van der Waals surface area contributed by atoms with Gasteiger partial charge in [-0.05, 0) is 23.3 Å². The lowest BCUT2D eigenvalue weighted by Gasteiger charge is -2.29. The van der Waals surface area contributed by atoms with Crippen molar-refractivity contribution < 1.29 is 5.11 Å². The fourth-order valence-electron chi connectivity index (χ4n) is 2.36. The van der Waals surface area contributed by atoms with Gasteiger partial charge in [0.1, 0.15) is 11.9 Å². The molecule has 0 aliphatic heterocycles. The fourth-order valence-corrected chi connectivity index (χ4v) is 2.48. The van der Waals surface area contributed by atoms with Crippen molar-refractivity contribution in [3.63, 3.8) is 0 Å². The van der Waals surface area contributed by atoms with Gasteiger partial charge in [-0.15, -0.1) is 0 Å². The number of hydrogen-bond donors (Lipinski definition) is 1. The molecule has 3 nitrogen and oxygen atoms in total. The van der Waals surface area contributed by atoms with Gasteiger partial charge in [-0.25, -0.2) is 9.97 Å². The molecule has 4 heteroatoms. The van der Waals surface area contributed by atoms with E-state index in [0.29, 0.717) is 16.1 Å². The summed E-state index contributed by atoms with van der Waals surface area (Å²) in [5, 5.41) is 12.0. The van der Waals surface area contributed by atoms with Crippen LogP contribution in [0.3, 0.4) is 0 Å². The molecule has 0 radical (unpaired) electrons. The molecule has 0 bridgehead atoms. The molecule has 1 atom stereocenters. The van der Waals surface area contributed by atoms with Gasteiger partial charge < -0.3 is 5.11 Å². The summed E-state index contributed by atoms with van der Waals surface area (Å²) >= 11 is 5.95. The highest BCUT2D eigenvalue weighted by Crippen LogP contribution is 2.36. The lowest BCUT2D eigenvalue weighted by molar-refractivity contribution is 0.125. The minimum absolute atomic E-state index is 0.610. The first-order chi connectivity index (χ1) is 10.2. The van der Waals surface area contributed by atoms with Gasteiger partial charge >= 0.3 is 0 Å². The lowest BCUT2D eigenvalue weighted by atomic mass is 9.82. The van der Waals surface area contributed by atoms with Gasteiger partial charge in [0, 0.05) is 23.0 Å². The Kier molecular flexibility index (Phi) is 3.69. The lowest BCUT2D eigenvalue weighted by Crippen LogP contribution is -2.29. The minimum atomic E-state index is -1.31. The zero-order chi connectivity index (χ0) is 14.7. The van der Waals surface area contributed by atoms with Crippen LogP contribution in [-0.2, 0) is 5.60 Å². The van der Waals surface area contributed by atoms with E-state index in [0.717, 1.165) is 5.56 Å². The Morgan fingerprint density at radius 1 is 0.762 bits per heavy atom. The van der Waals surface area contributed by atoms with Crippen molar-refractivity contribution in [1.29, 1.82) is 0 Å². The Hall–Kier alpha value is -2.23. The van der Waals surface area contributed by atoms with Crippen LogP contribution in [0, 0.1) is 0 Å². The first kappa shape index (κ1) is 13.7. The molecule has 2 aromatic carbocycles. The highest BCUT2D eigenvalue weighted by Gasteiger charge is 2.34. The molecular weight excluding hydrogens is 284 g/mol. The van der Waals surface area contributed by atoms with Crippen LogP contribution in [0.1, 0.15) is 16.7 Å². The molecule has 0 fully saturated rings. The summed E-state index contributed by atoms with van der Waals surface area (Å²) in [5.41, 5.74) is 0.765. The standard InChI is InChI=1S/C17H13ClN2O/c18-16-8-6-14(7-9-16)17(21,13-4-2-1-3-5-13)15-10-19-12-20-11-15/h1-12,21H/t17-/m1/s1. The Labute approximate surface area is 127 Å². The second-order valence-corrected chi connectivity index (χ2v) is 5.15. The summed E-state index contributed by atoms with van der Waals surface area (Å²) in [5.74, 6) is 0. The highest BCUT2D eigenvalue weighted by atomic mass is 35.5. The summed E-state index contributed by atoms with van der Waals surface area (Å²) in [6.45, 7) is 0. The molecule has 0 saturated carbocycles. The number of aliphatic hydroxyl groups is 1. The molecule has 1 N–H and O–H groups in total. The van der Waals surface area contributed by atoms with E-state index in [-0.39, 0.29) is 0 Å². The van der Waals surface area contributed by atoms with E-state index >= 15 is 0 Å². The SMILES string of the molecule is O[C@](c1ccccc1)(c1ccc(Cl)cc1)c1cncnc1. The van der Waals surface area contributed by atoms with Crippen molar-refractivity contribution in [1.82, 2.24) is 9.97 Å². The van der Waals surface area contributed by atoms with Crippen molar-refractivity contribution in [3.8, 4) is 0 Å². The first-order valence-electron chi connectivity index (χ1n) is 6.50. The van der Waals surface area contributed by atoms with Crippen LogP contribution in [0.4, 0.5) is 0 Å². The third-order valence-electron chi connectivity index (χ3n) is 3.43. The Bertz CT molecular complexity index is 675. The first-order valence-corrected chi connectivity index (χ1v) is 6.88. The molecule has 0 aliphatic rings. The van der Waals surface area contributed by atoms with Crippen molar-refractivity contribution in [2.75, 3.05) is 0 Å². The third kappa shape index (κ3) is 2.53. The maximum atomic E-state index is 11.4. The maximum Gasteiger partial charge on any atom is 0.143 e. The average molecular weight is 297 g/mol. The number of benzene rings is 2. The smallest absolute Gasteiger partial charge is 0.143 e. The van der Waals surface area contributed by atoms with Gasteiger partial charge in [-0.3, -0.25) is 0 Å². The number of nitrogens with zero attached hydrogens (tertiary/aromatic N) is 2. The zero-order valence-corrected chi connectivity index (χ0v) is 11.9. The largest absolute Gasteiger partial charge is 0.376 e. The van der Waals surface area contributed by atoms with E-state index in [1.165, 1.54) is 6.33 Å². The maximum absolute atomic E-state index is 11.4. The molecule has 1 aromatic heterocycles. The van der Waals surface area contributed by atoms with E-state index < -0.39 is 5.60 Å². The monoisotopic (exact) mass is 296 g/mol. The highest BCUT2D eigenvalue weighted by molar-refractivity contribution is 6.30. The second-order valence-electron chi connectivity index (χ2n) is 4.71. The van der Waals surface area contributed by atoms with Gasteiger partial charge in [0.25, 0.3) is 0 Å². The molecule has 0 aliphatic carbocycles. The molecule has 21 heavy (non-hydrogen) atoms.